The van der Waals surface area contributed by atoms with Gasteiger partial charge in [0.1, 0.15) is 11.4 Å². The van der Waals surface area contributed by atoms with Gasteiger partial charge in [0.15, 0.2) is 5.78 Å². The van der Waals surface area contributed by atoms with E-state index in [2.05, 4.69) is 38.6 Å². The lowest BCUT2D eigenvalue weighted by atomic mass is 9.85. The first-order valence-electron chi connectivity index (χ1n) is 22.7. The van der Waals surface area contributed by atoms with Crippen LogP contribution >= 0.6 is 0 Å². The summed E-state index contributed by atoms with van der Waals surface area (Å²) >= 11 is 0. The summed E-state index contributed by atoms with van der Waals surface area (Å²) in [6, 6.07) is 25.3. The highest BCUT2D eigenvalue weighted by Gasteiger charge is 2.53. The topological polar surface area (TPSA) is 174 Å². The molecule has 5 rings (SSSR count). The van der Waals surface area contributed by atoms with E-state index in [1.807, 2.05) is 47.4 Å². The second-order valence-electron chi connectivity index (χ2n) is 16.4. The van der Waals surface area contributed by atoms with Crippen molar-refractivity contribution in [3.63, 3.8) is 0 Å². The van der Waals surface area contributed by atoms with Crippen LogP contribution in [-0.2, 0) is 39.8 Å². The van der Waals surface area contributed by atoms with E-state index < -0.39 is 5.54 Å². The Balaban J connectivity index is 0.963. The maximum atomic E-state index is 14.3. The van der Waals surface area contributed by atoms with Crippen LogP contribution < -0.4 is 15.5 Å². The molecule has 2 fully saturated rings. The van der Waals surface area contributed by atoms with Gasteiger partial charge in [-0.3, -0.25) is 24.0 Å². The molecule has 65 heavy (non-hydrogen) atoms. The summed E-state index contributed by atoms with van der Waals surface area (Å²) in [7, 11) is 1.53. The number of carbonyl (C=O) groups excluding carboxylic acids is 5. The van der Waals surface area contributed by atoms with Gasteiger partial charge in [-0.1, -0.05) is 30.3 Å². The minimum atomic E-state index is -0.649. The number of hydrogen-bond acceptors (Lipinski definition) is 11. The van der Waals surface area contributed by atoms with Crippen molar-refractivity contribution in [2.24, 2.45) is 0 Å². The number of carbonyl (C=O) groups is 5. The van der Waals surface area contributed by atoms with Gasteiger partial charge in [-0.15, -0.1) is 0 Å². The highest BCUT2D eigenvalue weighted by atomic mass is 19.1. The van der Waals surface area contributed by atoms with Crippen molar-refractivity contribution in [2.75, 3.05) is 103 Å². The number of rotatable bonds is 28. The molecule has 0 aromatic heterocycles. The van der Waals surface area contributed by atoms with Crippen molar-refractivity contribution in [1.82, 2.24) is 20.0 Å². The van der Waals surface area contributed by atoms with Gasteiger partial charge in [-0.2, -0.15) is 5.26 Å². The van der Waals surface area contributed by atoms with Crippen molar-refractivity contribution in [3.8, 4) is 6.07 Å². The van der Waals surface area contributed by atoms with Crippen molar-refractivity contribution in [3.05, 3.63) is 95.8 Å². The minimum Gasteiger partial charge on any atom is -0.379 e. The largest absolute Gasteiger partial charge is 0.379 e. The van der Waals surface area contributed by atoms with Gasteiger partial charge >= 0.3 is 0 Å². The van der Waals surface area contributed by atoms with Crippen LogP contribution in [0, 0.1) is 17.1 Å². The zero-order chi connectivity index (χ0) is 46.3. The number of likely N-dealkylation sites (tertiary alicyclic amines) is 1. The van der Waals surface area contributed by atoms with Crippen LogP contribution in [0.5, 0.6) is 0 Å². The lowest BCUT2D eigenvalue weighted by Crippen LogP contribution is -2.56. The van der Waals surface area contributed by atoms with Gasteiger partial charge < -0.3 is 44.4 Å². The number of piperidine rings is 1. The summed E-state index contributed by atoms with van der Waals surface area (Å²) in [5.74, 6) is -1.16. The maximum Gasteiger partial charge on any atom is 0.250 e. The Hall–Kier alpha value is -5.73. The van der Waals surface area contributed by atoms with E-state index in [0.29, 0.717) is 122 Å². The summed E-state index contributed by atoms with van der Waals surface area (Å²) in [5.41, 5.74) is 2.50. The highest BCUT2D eigenvalue weighted by molar-refractivity contribution is 5.96. The molecule has 0 bridgehead atoms. The molecular formula is C49H64FN7O8. The van der Waals surface area contributed by atoms with Crippen molar-refractivity contribution in [2.45, 2.75) is 69.7 Å². The highest BCUT2D eigenvalue weighted by Crippen LogP contribution is 2.39. The number of ketones is 1. The van der Waals surface area contributed by atoms with E-state index in [1.165, 1.54) is 36.2 Å². The van der Waals surface area contributed by atoms with Crippen LogP contribution in [0.15, 0.2) is 78.9 Å². The van der Waals surface area contributed by atoms with Gasteiger partial charge in [0.05, 0.1) is 45.7 Å². The maximum absolute atomic E-state index is 14.3. The third-order valence-corrected chi connectivity index (χ3v) is 11.7. The first kappa shape index (κ1) is 50.3. The molecule has 0 aliphatic carbocycles. The standard InChI is InChI=1S/C49H64FN7O8/c1-54(37-46(60)52-26-8-32-64-34-36-65-35-33-63-31-6-5-25-51)47(61)21-20-45(59)53-42-18-12-39(13-19-42)22-28-56-38-57(43-9-3-2-4-10-43)49(48(56)62)23-29-55(30-24-49)27-7-11-44(58)40-14-16-41(50)17-15-40/h2-4,9-10,12-19H,5-8,11,20-24,26-38H2,1H3,(H,52,60)(H,53,59). The van der Waals surface area contributed by atoms with Crippen LogP contribution in [0.2, 0.25) is 0 Å². The third kappa shape index (κ3) is 16.3. The van der Waals surface area contributed by atoms with Gasteiger partial charge in [-0.05, 0) is 99.2 Å². The van der Waals surface area contributed by atoms with Gasteiger partial charge in [-0.25, -0.2) is 4.39 Å². The molecule has 2 heterocycles. The molecule has 2 aliphatic heterocycles. The van der Waals surface area contributed by atoms with E-state index in [0.717, 1.165) is 30.9 Å². The summed E-state index contributed by atoms with van der Waals surface area (Å²) in [4.78, 5) is 72.5. The molecule has 2 aliphatic rings. The molecule has 0 atom stereocenters. The fraction of sp³-hybridized carbons (Fsp3) is 0.510. The van der Waals surface area contributed by atoms with E-state index >= 15 is 0 Å². The van der Waals surface area contributed by atoms with E-state index in [1.54, 1.807) is 0 Å². The van der Waals surface area contributed by atoms with Gasteiger partial charge in [0.2, 0.25) is 23.6 Å². The molecule has 15 nitrogen and oxygen atoms in total. The summed E-state index contributed by atoms with van der Waals surface area (Å²) in [6.07, 6.45) is 4.79. The van der Waals surface area contributed by atoms with Crippen LogP contribution in [0.3, 0.4) is 0 Å². The average Bonchev–Trinajstić information content (AvgIpc) is 3.58. The number of benzene rings is 3. The second-order valence-corrected chi connectivity index (χ2v) is 16.4. The lowest BCUT2D eigenvalue weighted by molar-refractivity contribution is -0.135. The van der Waals surface area contributed by atoms with Crippen LogP contribution in [0.1, 0.15) is 73.7 Å². The van der Waals surface area contributed by atoms with Gasteiger partial charge in [0, 0.05) is 89.1 Å². The zero-order valence-corrected chi connectivity index (χ0v) is 37.6. The number of likely N-dealkylation sites (N-methyl/N-ethyl adjacent to an activating group) is 1. The number of nitriles is 1. The fourth-order valence-corrected chi connectivity index (χ4v) is 7.97. The molecule has 16 heteroatoms. The molecule has 1 spiro atoms. The first-order chi connectivity index (χ1) is 31.6. The third-order valence-electron chi connectivity index (χ3n) is 11.7. The van der Waals surface area contributed by atoms with E-state index in [4.69, 9.17) is 19.5 Å². The number of unbranched alkanes of at least 4 members (excludes halogenated alkanes) is 1. The molecule has 0 unspecified atom stereocenters. The van der Waals surface area contributed by atoms with Crippen molar-refractivity contribution in [1.29, 1.82) is 5.26 Å². The number of hydrogen-bond donors (Lipinski definition) is 2. The lowest BCUT2D eigenvalue weighted by Gasteiger charge is -2.43. The summed E-state index contributed by atoms with van der Waals surface area (Å²) in [5, 5.41) is 14.1. The van der Waals surface area contributed by atoms with Crippen LogP contribution in [0.25, 0.3) is 0 Å². The molecule has 2 saturated heterocycles. The number of nitrogens with zero attached hydrogens (tertiary/aromatic N) is 5. The number of amides is 4. The summed E-state index contributed by atoms with van der Waals surface area (Å²) in [6.45, 7) is 6.32. The Kier molecular flexibility index (Phi) is 20.8. The Labute approximate surface area is 382 Å². The van der Waals surface area contributed by atoms with Crippen molar-refractivity contribution < 1.29 is 42.6 Å². The molecule has 3 aromatic carbocycles. The molecule has 3 aromatic rings. The number of para-hydroxylation sites is 1. The summed E-state index contributed by atoms with van der Waals surface area (Å²) < 4.78 is 29.6. The van der Waals surface area contributed by atoms with Crippen molar-refractivity contribution >= 4 is 40.8 Å². The van der Waals surface area contributed by atoms with Crippen LogP contribution in [-0.4, -0.2) is 142 Å². The molecule has 2 N–H and O–H groups in total. The van der Waals surface area contributed by atoms with Crippen LogP contribution in [0.4, 0.5) is 15.8 Å². The number of ether oxygens (including phenoxy) is 3. The number of Topliss-reactive ketones (excluding diaryl/α,β-unsaturated/α-hetero) is 1. The fourth-order valence-electron chi connectivity index (χ4n) is 7.97. The second kappa shape index (κ2) is 26.9. The Morgan fingerprint density at radius 1 is 0.785 bits per heavy atom. The molecular weight excluding hydrogens is 834 g/mol. The normalized spacial score (nSPS) is 14.6. The van der Waals surface area contributed by atoms with Gasteiger partial charge in [0.25, 0.3) is 0 Å². The predicted octanol–water partition coefficient (Wildman–Crippen LogP) is 5.21. The SMILES string of the molecule is CN(CC(=O)NCCCOCCOCCOCCCC#N)C(=O)CCC(=O)Nc1ccc(CCN2CN(c3ccccc3)C3(CCN(CCCC(=O)c4ccc(F)cc4)CC3)C2=O)cc1. The molecule has 0 saturated carbocycles. The predicted molar refractivity (Wildman–Crippen MR) is 244 cm³/mol. The smallest absolute Gasteiger partial charge is 0.250 e. The molecule has 350 valence electrons. The Bertz CT molecular complexity index is 2010. The van der Waals surface area contributed by atoms with E-state index in [-0.39, 0.29) is 54.6 Å². The zero-order valence-electron chi connectivity index (χ0n) is 37.6. The first-order valence-corrected chi connectivity index (χ1v) is 22.7. The number of nitrogens with one attached hydrogen (secondary N) is 2. The number of anilines is 2. The Morgan fingerprint density at radius 3 is 2.12 bits per heavy atom. The van der Waals surface area contributed by atoms with E-state index in [9.17, 15) is 28.4 Å². The monoisotopic (exact) mass is 897 g/mol. The molecule has 4 amide bonds. The quantitative estimate of drug-likeness (QED) is 0.0724. The minimum absolute atomic E-state index is 0.000769. The Morgan fingerprint density at radius 2 is 1.45 bits per heavy atom. The average molecular weight is 898 g/mol. The molecule has 0 radical (unpaired) electrons. The number of halogens is 1.